The Morgan fingerprint density at radius 1 is 1.23 bits per heavy atom. The Morgan fingerprint density at radius 3 is 2.50 bits per heavy atom. The van der Waals surface area contributed by atoms with Crippen LogP contribution in [0.25, 0.3) is 0 Å². The Kier molecular flexibility index (Phi) is 6.70. The summed E-state index contributed by atoms with van der Waals surface area (Å²) in [5.74, 6) is 0.735. The van der Waals surface area contributed by atoms with E-state index in [-0.39, 0.29) is 6.04 Å². The fraction of sp³-hybridized carbons (Fsp3) is 0.524. The summed E-state index contributed by atoms with van der Waals surface area (Å²) in [5.41, 5.74) is 3.56. The van der Waals surface area contributed by atoms with Gasteiger partial charge in [-0.05, 0) is 38.0 Å². The van der Waals surface area contributed by atoms with Gasteiger partial charge in [-0.2, -0.15) is 18.3 Å². The highest BCUT2D eigenvalue weighted by atomic mass is 19.4. The van der Waals surface area contributed by atoms with Crippen molar-refractivity contribution in [2.75, 3.05) is 20.1 Å². The molecule has 1 saturated heterocycles. The minimum Gasteiger partial charge on any atom is -0.352 e. The molecule has 0 spiro atoms. The lowest BCUT2D eigenvalue weighted by Gasteiger charge is -2.19. The zero-order valence-corrected chi connectivity index (χ0v) is 17.8. The summed E-state index contributed by atoms with van der Waals surface area (Å²) in [5, 5.41) is 11.2. The van der Waals surface area contributed by atoms with Crippen LogP contribution in [0.1, 0.15) is 34.5 Å². The molecular formula is C21H29F3N6. The number of rotatable bonds is 5. The van der Waals surface area contributed by atoms with Crippen molar-refractivity contribution >= 4 is 5.96 Å². The quantitative estimate of drug-likeness (QED) is 0.575. The van der Waals surface area contributed by atoms with Crippen LogP contribution in [-0.4, -0.2) is 46.8 Å². The van der Waals surface area contributed by atoms with Gasteiger partial charge >= 0.3 is 6.18 Å². The van der Waals surface area contributed by atoms with E-state index in [1.807, 2.05) is 25.6 Å². The molecule has 6 nitrogen and oxygen atoms in total. The zero-order chi connectivity index (χ0) is 21.9. The molecule has 30 heavy (non-hydrogen) atoms. The Labute approximate surface area is 175 Å². The van der Waals surface area contributed by atoms with E-state index in [0.717, 1.165) is 60.1 Å². The first-order valence-corrected chi connectivity index (χ1v) is 10.0. The molecule has 1 aromatic heterocycles. The van der Waals surface area contributed by atoms with E-state index >= 15 is 0 Å². The number of alkyl halides is 3. The Balaban J connectivity index is 1.49. The van der Waals surface area contributed by atoms with Crippen molar-refractivity contribution in [1.82, 2.24) is 25.3 Å². The predicted molar refractivity (Wildman–Crippen MR) is 111 cm³/mol. The molecule has 0 amide bonds. The normalized spacial score (nSPS) is 18.1. The third kappa shape index (κ3) is 5.33. The molecule has 164 valence electrons. The summed E-state index contributed by atoms with van der Waals surface area (Å²) in [6.45, 7) is 7.02. The molecule has 2 heterocycles. The molecule has 9 heteroatoms. The number of nitrogens with one attached hydrogen (secondary N) is 2. The fourth-order valence-electron chi connectivity index (χ4n) is 3.78. The maximum atomic E-state index is 12.7. The van der Waals surface area contributed by atoms with Crippen LogP contribution in [0, 0.1) is 13.8 Å². The molecule has 1 aliphatic rings. The van der Waals surface area contributed by atoms with Gasteiger partial charge in [0, 0.05) is 57.6 Å². The van der Waals surface area contributed by atoms with Gasteiger partial charge in [0.2, 0.25) is 0 Å². The molecule has 3 rings (SSSR count). The third-order valence-corrected chi connectivity index (χ3v) is 5.62. The van der Waals surface area contributed by atoms with Gasteiger partial charge in [0.15, 0.2) is 5.96 Å². The molecule has 1 aliphatic heterocycles. The van der Waals surface area contributed by atoms with E-state index in [1.165, 1.54) is 0 Å². The lowest BCUT2D eigenvalue weighted by atomic mass is 10.1. The number of aliphatic imine (C=N–C) groups is 1. The van der Waals surface area contributed by atoms with Gasteiger partial charge < -0.3 is 10.6 Å². The standard InChI is InChI=1S/C21H29F3N6/c1-14-19(15(2)29(4)28-14)11-26-20(25-3)27-18-9-10-30(13-18)12-16-5-7-17(8-6-16)21(22,23)24/h5-8,18H,9-13H2,1-4H3,(H2,25,26,27). The first-order chi connectivity index (χ1) is 14.2. The summed E-state index contributed by atoms with van der Waals surface area (Å²) < 4.78 is 40.0. The molecule has 0 aliphatic carbocycles. The average Bonchev–Trinajstić information content (AvgIpc) is 3.22. The summed E-state index contributed by atoms with van der Waals surface area (Å²) in [6, 6.07) is 5.65. The highest BCUT2D eigenvalue weighted by molar-refractivity contribution is 5.80. The average molecular weight is 422 g/mol. The number of halogens is 3. The molecule has 1 fully saturated rings. The van der Waals surface area contributed by atoms with Gasteiger partial charge in [-0.3, -0.25) is 14.6 Å². The van der Waals surface area contributed by atoms with Crippen LogP contribution in [0.2, 0.25) is 0 Å². The van der Waals surface area contributed by atoms with Crippen LogP contribution in [-0.2, 0) is 26.3 Å². The van der Waals surface area contributed by atoms with Crippen molar-refractivity contribution < 1.29 is 13.2 Å². The highest BCUT2D eigenvalue weighted by Gasteiger charge is 2.30. The summed E-state index contributed by atoms with van der Waals surface area (Å²) >= 11 is 0. The maximum Gasteiger partial charge on any atom is 0.416 e. The maximum absolute atomic E-state index is 12.7. The first-order valence-electron chi connectivity index (χ1n) is 10.0. The van der Waals surface area contributed by atoms with Gasteiger partial charge in [-0.1, -0.05) is 12.1 Å². The number of hydrogen-bond donors (Lipinski definition) is 2. The number of nitrogens with zero attached hydrogens (tertiary/aromatic N) is 4. The minimum atomic E-state index is -4.29. The Bertz CT molecular complexity index is 885. The molecule has 1 atom stereocenters. The van der Waals surface area contributed by atoms with E-state index in [9.17, 15) is 13.2 Å². The topological polar surface area (TPSA) is 57.5 Å². The number of aryl methyl sites for hydroxylation is 2. The number of hydrogen-bond acceptors (Lipinski definition) is 3. The van der Waals surface area contributed by atoms with Gasteiger partial charge in [-0.25, -0.2) is 0 Å². The van der Waals surface area contributed by atoms with Gasteiger partial charge in [0.1, 0.15) is 0 Å². The smallest absolute Gasteiger partial charge is 0.352 e. The van der Waals surface area contributed by atoms with Crippen molar-refractivity contribution in [1.29, 1.82) is 0 Å². The summed E-state index contributed by atoms with van der Waals surface area (Å²) in [6.07, 6.45) is -3.34. The van der Waals surface area contributed by atoms with Crippen LogP contribution in [0.15, 0.2) is 29.3 Å². The molecule has 2 aromatic rings. The Hall–Kier alpha value is -2.55. The lowest BCUT2D eigenvalue weighted by molar-refractivity contribution is -0.137. The van der Waals surface area contributed by atoms with E-state index in [2.05, 4.69) is 25.6 Å². The largest absolute Gasteiger partial charge is 0.416 e. The second kappa shape index (κ2) is 9.07. The zero-order valence-electron chi connectivity index (χ0n) is 17.8. The second-order valence-corrected chi connectivity index (χ2v) is 7.76. The third-order valence-electron chi connectivity index (χ3n) is 5.62. The van der Waals surface area contributed by atoms with Crippen molar-refractivity contribution in [3.63, 3.8) is 0 Å². The molecule has 1 aromatic carbocycles. The van der Waals surface area contributed by atoms with Crippen LogP contribution in [0.3, 0.4) is 0 Å². The van der Waals surface area contributed by atoms with Crippen LogP contribution in [0.4, 0.5) is 13.2 Å². The monoisotopic (exact) mass is 422 g/mol. The summed E-state index contributed by atoms with van der Waals surface area (Å²) in [4.78, 5) is 6.56. The number of likely N-dealkylation sites (tertiary alicyclic amines) is 1. The van der Waals surface area contributed by atoms with Crippen LogP contribution < -0.4 is 10.6 Å². The molecule has 0 saturated carbocycles. The van der Waals surface area contributed by atoms with Crippen molar-refractivity contribution in [3.8, 4) is 0 Å². The number of aromatic nitrogens is 2. The van der Waals surface area contributed by atoms with Crippen molar-refractivity contribution in [2.45, 2.75) is 45.6 Å². The molecule has 1 unspecified atom stereocenters. The SMILES string of the molecule is CN=C(NCc1c(C)nn(C)c1C)NC1CCN(Cc2ccc(C(F)(F)F)cc2)C1. The number of guanidine groups is 1. The Morgan fingerprint density at radius 2 is 1.93 bits per heavy atom. The van der Waals surface area contributed by atoms with E-state index in [0.29, 0.717) is 13.1 Å². The number of benzene rings is 1. The van der Waals surface area contributed by atoms with Gasteiger partial charge in [0.05, 0.1) is 11.3 Å². The molecular weight excluding hydrogens is 393 g/mol. The molecule has 2 N–H and O–H groups in total. The van der Waals surface area contributed by atoms with Gasteiger partial charge in [-0.15, -0.1) is 0 Å². The van der Waals surface area contributed by atoms with E-state index < -0.39 is 11.7 Å². The first kappa shape index (κ1) is 22.1. The van der Waals surface area contributed by atoms with E-state index in [1.54, 1.807) is 19.2 Å². The lowest BCUT2D eigenvalue weighted by Crippen LogP contribution is -2.44. The fourth-order valence-corrected chi connectivity index (χ4v) is 3.78. The van der Waals surface area contributed by atoms with E-state index in [4.69, 9.17) is 0 Å². The highest BCUT2D eigenvalue weighted by Crippen LogP contribution is 2.29. The molecule has 0 bridgehead atoms. The minimum absolute atomic E-state index is 0.238. The van der Waals surface area contributed by atoms with Crippen molar-refractivity contribution in [3.05, 3.63) is 52.3 Å². The van der Waals surface area contributed by atoms with Gasteiger partial charge in [0.25, 0.3) is 0 Å². The predicted octanol–water partition coefficient (Wildman–Crippen LogP) is 3.00. The second-order valence-electron chi connectivity index (χ2n) is 7.76. The van der Waals surface area contributed by atoms with Crippen molar-refractivity contribution in [2.24, 2.45) is 12.0 Å². The molecule has 0 radical (unpaired) electrons. The summed E-state index contributed by atoms with van der Waals surface area (Å²) in [7, 11) is 3.68. The van der Waals surface area contributed by atoms with Crippen LogP contribution >= 0.6 is 0 Å². The van der Waals surface area contributed by atoms with Crippen LogP contribution in [0.5, 0.6) is 0 Å².